The molecule has 1 heterocycles. The minimum Gasteiger partial charge on any atom is -0.381 e. The van der Waals surface area contributed by atoms with Gasteiger partial charge in [-0.05, 0) is 31.9 Å². The maximum atomic E-state index is 5.40. The second-order valence-electron chi connectivity index (χ2n) is 4.72. The van der Waals surface area contributed by atoms with Crippen molar-refractivity contribution in [3.05, 3.63) is 0 Å². The summed E-state index contributed by atoms with van der Waals surface area (Å²) in [5.74, 6) is 0. The molecule has 0 aromatic carbocycles. The molecule has 1 saturated carbocycles. The van der Waals surface area contributed by atoms with Gasteiger partial charge >= 0.3 is 0 Å². The lowest BCUT2D eigenvalue weighted by Gasteiger charge is -2.35. The van der Waals surface area contributed by atoms with Crippen molar-refractivity contribution in [3.63, 3.8) is 0 Å². The summed E-state index contributed by atoms with van der Waals surface area (Å²) >= 11 is 2.05. The first kappa shape index (κ1) is 11.7. The fraction of sp³-hybridized carbons (Fsp3) is 1.00. The van der Waals surface area contributed by atoms with E-state index in [2.05, 4.69) is 11.6 Å². The lowest BCUT2D eigenvalue weighted by Crippen LogP contribution is -2.47. The van der Waals surface area contributed by atoms with E-state index in [9.17, 15) is 0 Å². The number of hydrogen-bond donors (Lipinski definition) is 1. The highest BCUT2D eigenvalue weighted by Gasteiger charge is 2.26. The molecule has 3 heteroatoms. The van der Waals surface area contributed by atoms with E-state index in [-0.39, 0.29) is 0 Å². The lowest BCUT2D eigenvalue weighted by molar-refractivity contribution is 0.0735. The van der Waals surface area contributed by atoms with Gasteiger partial charge in [0.25, 0.3) is 0 Å². The van der Waals surface area contributed by atoms with Crippen LogP contribution in [-0.4, -0.2) is 36.8 Å². The Morgan fingerprint density at radius 3 is 2.53 bits per heavy atom. The van der Waals surface area contributed by atoms with Gasteiger partial charge in [-0.1, -0.05) is 12.8 Å². The summed E-state index contributed by atoms with van der Waals surface area (Å²) in [5.41, 5.74) is 0. The number of nitrogens with one attached hydrogen (secondary N) is 1. The van der Waals surface area contributed by atoms with Crippen LogP contribution in [-0.2, 0) is 4.74 Å². The normalized spacial score (nSPS) is 34.2. The molecule has 1 aliphatic heterocycles. The van der Waals surface area contributed by atoms with Crippen molar-refractivity contribution in [3.8, 4) is 0 Å². The summed E-state index contributed by atoms with van der Waals surface area (Å²) in [4.78, 5) is 0. The standard InChI is InChI=1S/C12H23NOS/c1-15-12-5-3-2-4-11(12)13-10-6-8-14-9-7-10/h10-13H,2-9H2,1H3. The average molecular weight is 229 g/mol. The van der Waals surface area contributed by atoms with Gasteiger partial charge < -0.3 is 10.1 Å². The molecule has 1 aliphatic carbocycles. The summed E-state index contributed by atoms with van der Waals surface area (Å²) in [6, 6.07) is 1.48. The van der Waals surface area contributed by atoms with Crippen LogP contribution in [0, 0.1) is 0 Å². The summed E-state index contributed by atoms with van der Waals surface area (Å²) < 4.78 is 5.40. The monoisotopic (exact) mass is 229 g/mol. The van der Waals surface area contributed by atoms with Crippen LogP contribution in [0.3, 0.4) is 0 Å². The summed E-state index contributed by atoms with van der Waals surface area (Å²) in [7, 11) is 0. The van der Waals surface area contributed by atoms with Crippen molar-refractivity contribution in [2.75, 3.05) is 19.5 Å². The Hall–Kier alpha value is 0.270. The van der Waals surface area contributed by atoms with Gasteiger partial charge in [-0.15, -0.1) is 0 Å². The zero-order chi connectivity index (χ0) is 10.5. The molecule has 0 radical (unpaired) electrons. The third kappa shape index (κ3) is 3.36. The zero-order valence-electron chi connectivity index (χ0n) is 9.71. The minimum atomic E-state index is 0.719. The van der Waals surface area contributed by atoms with Gasteiger partial charge in [0.15, 0.2) is 0 Å². The molecule has 2 atom stereocenters. The maximum Gasteiger partial charge on any atom is 0.0480 e. The molecule has 88 valence electrons. The molecule has 0 aromatic rings. The van der Waals surface area contributed by atoms with Crippen LogP contribution in [0.5, 0.6) is 0 Å². The van der Waals surface area contributed by atoms with Crippen molar-refractivity contribution in [1.82, 2.24) is 5.32 Å². The third-order valence-electron chi connectivity index (χ3n) is 3.68. The first-order valence-electron chi connectivity index (χ1n) is 6.26. The van der Waals surface area contributed by atoms with Gasteiger partial charge in [0.1, 0.15) is 0 Å². The molecule has 0 amide bonds. The van der Waals surface area contributed by atoms with Gasteiger partial charge in [0.05, 0.1) is 0 Å². The molecule has 2 fully saturated rings. The SMILES string of the molecule is CSC1CCCCC1NC1CCOCC1. The fourth-order valence-electron chi connectivity index (χ4n) is 2.74. The Morgan fingerprint density at radius 2 is 1.80 bits per heavy atom. The van der Waals surface area contributed by atoms with E-state index in [0.29, 0.717) is 0 Å². The second kappa shape index (κ2) is 6.12. The van der Waals surface area contributed by atoms with E-state index in [1.54, 1.807) is 0 Å². The predicted octanol–water partition coefficient (Wildman–Crippen LogP) is 2.43. The Morgan fingerprint density at radius 1 is 1.07 bits per heavy atom. The summed E-state index contributed by atoms with van der Waals surface area (Å²) in [6.45, 7) is 1.91. The number of thioether (sulfide) groups is 1. The lowest BCUT2D eigenvalue weighted by atomic mass is 9.93. The summed E-state index contributed by atoms with van der Waals surface area (Å²) in [6.07, 6.45) is 10.3. The van der Waals surface area contributed by atoms with E-state index < -0.39 is 0 Å². The van der Waals surface area contributed by atoms with Crippen LogP contribution in [0.25, 0.3) is 0 Å². The van der Waals surface area contributed by atoms with E-state index in [4.69, 9.17) is 4.74 Å². The van der Waals surface area contributed by atoms with E-state index in [0.717, 1.165) is 30.5 Å². The van der Waals surface area contributed by atoms with Crippen LogP contribution >= 0.6 is 11.8 Å². The highest BCUT2D eigenvalue weighted by molar-refractivity contribution is 7.99. The van der Waals surface area contributed by atoms with E-state index in [1.807, 2.05) is 11.8 Å². The van der Waals surface area contributed by atoms with E-state index in [1.165, 1.54) is 38.5 Å². The third-order valence-corrected chi connectivity index (χ3v) is 4.85. The number of ether oxygens (including phenoxy) is 1. The van der Waals surface area contributed by atoms with Crippen molar-refractivity contribution in [1.29, 1.82) is 0 Å². The first-order chi connectivity index (χ1) is 7.40. The topological polar surface area (TPSA) is 21.3 Å². The Kier molecular flexibility index (Phi) is 4.79. The second-order valence-corrected chi connectivity index (χ2v) is 5.80. The molecule has 2 nitrogen and oxygen atoms in total. The van der Waals surface area contributed by atoms with Crippen molar-refractivity contribution < 1.29 is 4.74 Å². The highest BCUT2D eigenvalue weighted by atomic mass is 32.2. The minimum absolute atomic E-state index is 0.719. The van der Waals surface area contributed by atoms with Crippen LogP contribution in [0.15, 0.2) is 0 Å². The molecule has 1 saturated heterocycles. The van der Waals surface area contributed by atoms with E-state index >= 15 is 0 Å². The highest BCUT2D eigenvalue weighted by Crippen LogP contribution is 2.28. The van der Waals surface area contributed by atoms with Crippen LogP contribution in [0.4, 0.5) is 0 Å². The Balaban J connectivity index is 1.79. The molecular weight excluding hydrogens is 206 g/mol. The quantitative estimate of drug-likeness (QED) is 0.803. The van der Waals surface area contributed by atoms with Crippen molar-refractivity contribution >= 4 is 11.8 Å². The predicted molar refractivity (Wildman–Crippen MR) is 66.5 cm³/mol. The average Bonchev–Trinajstić information content (AvgIpc) is 2.31. The Bertz CT molecular complexity index is 182. The van der Waals surface area contributed by atoms with Gasteiger partial charge in [-0.25, -0.2) is 0 Å². The zero-order valence-corrected chi connectivity index (χ0v) is 10.5. The Labute approximate surface area is 97.5 Å². The molecule has 1 N–H and O–H groups in total. The molecular formula is C12H23NOS. The molecule has 2 unspecified atom stereocenters. The van der Waals surface area contributed by atoms with Crippen molar-refractivity contribution in [2.45, 2.75) is 55.9 Å². The van der Waals surface area contributed by atoms with Gasteiger partial charge in [0.2, 0.25) is 0 Å². The number of hydrogen-bond acceptors (Lipinski definition) is 3. The fourth-order valence-corrected chi connectivity index (χ4v) is 3.68. The van der Waals surface area contributed by atoms with Crippen molar-refractivity contribution in [2.24, 2.45) is 0 Å². The molecule has 15 heavy (non-hydrogen) atoms. The van der Waals surface area contributed by atoms with Crippen LogP contribution < -0.4 is 5.32 Å². The maximum absolute atomic E-state index is 5.40. The number of rotatable bonds is 3. The summed E-state index contributed by atoms with van der Waals surface area (Å²) in [5, 5.41) is 4.71. The van der Waals surface area contributed by atoms with Crippen LogP contribution in [0.2, 0.25) is 0 Å². The molecule has 0 bridgehead atoms. The van der Waals surface area contributed by atoms with Crippen LogP contribution in [0.1, 0.15) is 38.5 Å². The largest absolute Gasteiger partial charge is 0.381 e. The molecule has 2 aliphatic rings. The first-order valence-corrected chi connectivity index (χ1v) is 7.55. The molecule has 0 spiro atoms. The van der Waals surface area contributed by atoms with Gasteiger partial charge in [0, 0.05) is 30.5 Å². The van der Waals surface area contributed by atoms with Gasteiger partial charge in [-0.2, -0.15) is 11.8 Å². The molecule has 0 aromatic heterocycles. The van der Waals surface area contributed by atoms with Gasteiger partial charge in [-0.3, -0.25) is 0 Å². The smallest absolute Gasteiger partial charge is 0.0480 e. The molecule has 2 rings (SSSR count).